The zero-order valence-electron chi connectivity index (χ0n) is 14.3. The number of piperidine rings is 1. The maximum Gasteiger partial charge on any atom is 0.319 e. The molecule has 7 heteroatoms. The number of nitrogens with zero attached hydrogens (tertiary/aromatic N) is 3. The second kappa shape index (κ2) is 8.71. The van der Waals surface area contributed by atoms with Crippen LogP contribution in [0.25, 0.3) is 0 Å². The number of carbonyl (C=O) groups excluding carboxylic acids is 1. The molecule has 3 rings (SSSR count). The summed E-state index contributed by atoms with van der Waals surface area (Å²) in [5, 5.41) is 5.97. The van der Waals surface area contributed by atoms with E-state index in [1.54, 1.807) is 30.4 Å². The molecule has 0 unspecified atom stereocenters. The molecule has 1 aliphatic heterocycles. The molecule has 0 spiro atoms. The number of hydrogen-bond acceptors (Lipinski definition) is 5. The lowest BCUT2D eigenvalue weighted by Crippen LogP contribution is -2.46. The zero-order valence-corrected chi connectivity index (χ0v) is 15.1. The molecule has 1 fully saturated rings. The van der Waals surface area contributed by atoms with Crippen LogP contribution in [0, 0.1) is 0 Å². The van der Waals surface area contributed by atoms with E-state index in [1.807, 2.05) is 24.3 Å². The van der Waals surface area contributed by atoms with Crippen molar-refractivity contribution < 1.29 is 4.79 Å². The minimum absolute atomic E-state index is 0.145. The molecule has 25 heavy (non-hydrogen) atoms. The van der Waals surface area contributed by atoms with Crippen LogP contribution < -0.4 is 15.5 Å². The first kappa shape index (κ1) is 17.5. The van der Waals surface area contributed by atoms with E-state index in [4.69, 9.17) is 0 Å². The lowest BCUT2D eigenvalue weighted by Gasteiger charge is -2.32. The first-order chi connectivity index (χ1) is 12.2. The van der Waals surface area contributed by atoms with E-state index < -0.39 is 0 Å². The minimum Gasteiger partial charge on any atom is -0.355 e. The monoisotopic (exact) mass is 357 g/mol. The van der Waals surface area contributed by atoms with Crippen LogP contribution in [0.15, 0.2) is 47.8 Å². The summed E-state index contributed by atoms with van der Waals surface area (Å²) in [6.45, 7) is 3.86. The lowest BCUT2D eigenvalue weighted by atomic mass is 10.1. The van der Waals surface area contributed by atoms with Crippen LogP contribution in [-0.4, -0.2) is 40.9 Å². The third kappa shape index (κ3) is 5.09. The molecule has 1 aromatic heterocycles. The van der Waals surface area contributed by atoms with E-state index in [0.29, 0.717) is 0 Å². The summed E-state index contributed by atoms with van der Waals surface area (Å²) in [5.74, 6) is 1.94. The first-order valence-corrected chi connectivity index (χ1v) is 9.54. The molecule has 1 aliphatic rings. The van der Waals surface area contributed by atoms with Gasteiger partial charge in [0, 0.05) is 42.1 Å². The summed E-state index contributed by atoms with van der Waals surface area (Å²) < 4.78 is 0. The Balaban J connectivity index is 1.44. The van der Waals surface area contributed by atoms with Gasteiger partial charge < -0.3 is 15.5 Å². The van der Waals surface area contributed by atoms with E-state index in [-0.39, 0.29) is 12.1 Å². The Morgan fingerprint density at radius 1 is 1.24 bits per heavy atom. The van der Waals surface area contributed by atoms with Gasteiger partial charge >= 0.3 is 6.03 Å². The lowest BCUT2D eigenvalue weighted by molar-refractivity contribution is 0.246. The number of thioether (sulfide) groups is 1. The van der Waals surface area contributed by atoms with Crippen molar-refractivity contribution in [2.24, 2.45) is 0 Å². The van der Waals surface area contributed by atoms with Crippen LogP contribution in [0.4, 0.5) is 16.3 Å². The highest BCUT2D eigenvalue weighted by Gasteiger charge is 2.21. The second-order valence-electron chi connectivity index (χ2n) is 5.88. The van der Waals surface area contributed by atoms with Crippen molar-refractivity contribution in [2.45, 2.75) is 30.7 Å². The smallest absolute Gasteiger partial charge is 0.319 e. The number of urea groups is 1. The van der Waals surface area contributed by atoms with Gasteiger partial charge in [0.25, 0.3) is 0 Å². The summed E-state index contributed by atoms with van der Waals surface area (Å²) in [6, 6.07) is 7.98. The predicted molar refractivity (Wildman–Crippen MR) is 102 cm³/mol. The molecular formula is C18H23N5OS. The number of amides is 2. The molecule has 0 saturated carbocycles. The molecule has 0 atom stereocenters. The summed E-state index contributed by atoms with van der Waals surface area (Å²) in [7, 11) is 0. The third-order valence-corrected chi connectivity index (χ3v) is 5.02. The first-order valence-electron chi connectivity index (χ1n) is 8.56. The van der Waals surface area contributed by atoms with Crippen molar-refractivity contribution in [1.82, 2.24) is 15.3 Å². The molecular weight excluding hydrogens is 334 g/mol. The fraction of sp³-hybridized carbons (Fsp3) is 0.389. The summed E-state index contributed by atoms with van der Waals surface area (Å²) >= 11 is 1.79. The number of hydrogen-bond donors (Lipinski definition) is 2. The standard InChI is InChI=1S/C18H23N5OS/c1-2-25-16-5-3-14(4-6-16)21-18(24)22-15-7-11-23(12-8-15)17-13-19-9-10-20-17/h3-6,9-10,13,15H,2,7-8,11-12H2,1H3,(H2,21,22,24). The van der Waals surface area contributed by atoms with Crippen molar-refractivity contribution in [2.75, 3.05) is 29.1 Å². The van der Waals surface area contributed by atoms with Gasteiger partial charge in [0.2, 0.25) is 0 Å². The number of aromatic nitrogens is 2. The van der Waals surface area contributed by atoms with Crippen LogP contribution in [-0.2, 0) is 0 Å². The van der Waals surface area contributed by atoms with Crippen LogP contribution in [0.1, 0.15) is 19.8 Å². The number of carbonyl (C=O) groups is 1. The molecule has 2 amide bonds. The highest BCUT2D eigenvalue weighted by Crippen LogP contribution is 2.20. The molecule has 2 N–H and O–H groups in total. The van der Waals surface area contributed by atoms with E-state index >= 15 is 0 Å². The Morgan fingerprint density at radius 2 is 2.00 bits per heavy atom. The van der Waals surface area contributed by atoms with Gasteiger partial charge in [-0.15, -0.1) is 11.8 Å². The number of nitrogens with one attached hydrogen (secondary N) is 2. The van der Waals surface area contributed by atoms with Gasteiger partial charge in [-0.05, 0) is 42.9 Å². The zero-order chi connectivity index (χ0) is 17.5. The van der Waals surface area contributed by atoms with Crippen molar-refractivity contribution in [3.63, 3.8) is 0 Å². The average Bonchev–Trinajstić information content (AvgIpc) is 2.65. The van der Waals surface area contributed by atoms with Crippen LogP contribution in [0.5, 0.6) is 0 Å². The maximum atomic E-state index is 12.2. The number of anilines is 2. The fourth-order valence-corrected chi connectivity index (χ4v) is 3.52. The fourth-order valence-electron chi connectivity index (χ4n) is 2.86. The van der Waals surface area contributed by atoms with Crippen LogP contribution in [0.2, 0.25) is 0 Å². The molecule has 0 radical (unpaired) electrons. The molecule has 2 heterocycles. The van der Waals surface area contributed by atoms with Gasteiger partial charge in [-0.25, -0.2) is 9.78 Å². The Hall–Kier alpha value is -2.28. The molecule has 132 valence electrons. The topological polar surface area (TPSA) is 70.2 Å². The highest BCUT2D eigenvalue weighted by molar-refractivity contribution is 7.99. The van der Waals surface area contributed by atoms with Gasteiger partial charge in [0.15, 0.2) is 0 Å². The van der Waals surface area contributed by atoms with Crippen molar-refractivity contribution in [3.8, 4) is 0 Å². The summed E-state index contributed by atoms with van der Waals surface area (Å²) in [4.78, 5) is 24.0. The Bertz CT molecular complexity index is 672. The van der Waals surface area contributed by atoms with Crippen LogP contribution >= 0.6 is 11.8 Å². The number of benzene rings is 1. The Kier molecular flexibility index (Phi) is 6.11. The molecule has 0 bridgehead atoms. The Morgan fingerprint density at radius 3 is 2.64 bits per heavy atom. The van der Waals surface area contributed by atoms with Gasteiger partial charge in [0.1, 0.15) is 5.82 Å². The third-order valence-electron chi connectivity index (χ3n) is 4.13. The normalized spacial score (nSPS) is 15.0. The summed E-state index contributed by atoms with van der Waals surface area (Å²) in [6.07, 6.45) is 6.96. The molecule has 6 nitrogen and oxygen atoms in total. The molecule has 0 aliphatic carbocycles. The maximum absolute atomic E-state index is 12.2. The van der Waals surface area contributed by atoms with Gasteiger partial charge in [-0.2, -0.15) is 0 Å². The minimum atomic E-state index is -0.145. The van der Waals surface area contributed by atoms with E-state index in [1.165, 1.54) is 4.90 Å². The van der Waals surface area contributed by atoms with E-state index in [0.717, 1.165) is 43.2 Å². The van der Waals surface area contributed by atoms with Crippen molar-refractivity contribution in [3.05, 3.63) is 42.9 Å². The SMILES string of the molecule is CCSc1ccc(NC(=O)NC2CCN(c3cnccn3)CC2)cc1. The van der Waals surface area contributed by atoms with Crippen molar-refractivity contribution in [1.29, 1.82) is 0 Å². The molecule has 1 aromatic carbocycles. The quantitative estimate of drug-likeness (QED) is 0.803. The van der Waals surface area contributed by atoms with E-state index in [9.17, 15) is 4.79 Å². The number of rotatable bonds is 5. The Labute approximate surface area is 152 Å². The predicted octanol–water partition coefficient (Wildman–Crippen LogP) is 3.38. The molecule has 1 saturated heterocycles. The van der Waals surface area contributed by atoms with Gasteiger partial charge in [-0.3, -0.25) is 4.98 Å². The van der Waals surface area contributed by atoms with E-state index in [2.05, 4.69) is 32.4 Å². The largest absolute Gasteiger partial charge is 0.355 e. The van der Waals surface area contributed by atoms with Crippen molar-refractivity contribution >= 4 is 29.3 Å². The van der Waals surface area contributed by atoms with Gasteiger partial charge in [0.05, 0.1) is 6.20 Å². The highest BCUT2D eigenvalue weighted by atomic mass is 32.2. The van der Waals surface area contributed by atoms with Gasteiger partial charge in [-0.1, -0.05) is 6.92 Å². The second-order valence-corrected chi connectivity index (χ2v) is 7.22. The average molecular weight is 357 g/mol. The summed E-state index contributed by atoms with van der Waals surface area (Å²) in [5.41, 5.74) is 0.815. The molecule has 2 aromatic rings. The van der Waals surface area contributed by atoms with Crippen LogP contribution in [0.3, 0.4) is 0 Å².